The van der Waals surface area contributed by atoms with E-state index in [2.05, 4.69) is 57.7 Å². The fourth-order valence-corrected chi connectivity index (χ4v) is 7.33. The molecule has 15 nitrogen and oxygen atoms in total. The minimum Gasteiger partial charge on any atom is -0.366 e. The molecular weight excluding hydrogens is 689 g/mol. The summed E-state index contributed by atoms with van der Waals surface area (Å²) in [4.78, 5) is 43.2. The number of benzene rings is 2. The van der Waals surface area contributed by atoms with Crippen LogP contribution in [0.15, 0.2) is 67.3 Å². The summed E-state index contributed by atoms with van der Waals surface area (Å²) >= 11 is 1.44. The van der Waals surface area contributed by atoms with Crippen molar-refractivity contribution in [3.05, 3.63) is 99.9 Å². The van der Waals surface area contributed by atoms with Crippen LogP contribution in [-0.2, 0) is 25.6 Å². The maximum Gasteiger partial charge on any atom is 0.274 e. The van der Waals surface area contributed by atoms with Crippen LogP contribution in [-0.4, -0.2) is 90.3 Å². The third-order valence-electron chi connectivity index (χ3n) is 8.55. The number of anilines is 1. The largest absolute Gasteiger partial charge is 0.366 e. The number of hydrogen-bond donors (Lipinski definition) is 1. The number of carbonyl (C=O) groups excluding carboxylic acids is 1. The van der Waals surface area contributed by atoms with Gasteiger partial charge >= 0.3 is 0 Å². The van der Waals surface area contributed by atoms with Crippen LogP contribution in [0.25, 0.3) is 16.0 Å². The van der Waals surface area contributed by atoms with E-state index in [4.69, 9.17) is 25.5 Å². The number of nitro groups is 1. The van der Waals surface area contributed by atoms with Crippen LogP contribution in [0.5, 0.6) is 0 Å². The maximum absolute atomic E-state index is 13.0. The molecule has 5 atom stereocenters. The summed E-state index contributed by atoms with van der Waals surface area (Å²) in [5.74, 6) is 0.0825. The third kappa shape index (κ3) is 9.10. The summed E-state index contributed by atoms with van der Waals surface area (Å²) in [6.45, 7) is 18.0. The van der Waals surface area contributed by atoms with E-state index in [-0.39, 0.29) is 61.3 Å². The highest BCUT2D eigenvalue weighted by molar-refractivity contribution is 7.99. The lowest BCUT2D eigenvalue weighted by Crippen LogP contribution is -2.51. The average Bonchev–Trinajstić information content (AvgIpc) is 3.71. The van der Waals surface area contributed by atoms with E-state index >= 15 is 0 Å². The zero-order chi connectivity index (χ0) is 37.2. The molecule has 2 aromatic heterocycles. The van der Waals surface area contributed by atoms with Crippen LogP contribution in [0.2, 0.25) is 0 Å². The first kappa shape index (κ1) is 38.7. The fourth-order valence-electron chi connectivity index (χ4n) is 6.20. The topological polar surface area (TPSA) is 160 Å². The second-order valence-corrected chi connectivity index (χ2v) is 13.7. The number of aromatic nitrogens is 4. The van der Waals surface area contributed by atoms with Gasteiger partial charge < -0.3 is 29.1 Å². The van der Waals surface area contributed by atoms with E-state index in [1.54, 1.807) is 53.4 Å². The zero-order valence-corrected chi connectivity index (χ0v) is 30.6. The number of fused-ring (bicyclic) bond motifs is 1. The van der Waals surface area contributed by atoms with Gasteiger partial charge in [0.15, 0.2) is 23.2 Å². The second-order valence-electron chi connectivity index (χ2n) is 12.6. The van der Waals surface area contributed by atoms with Crippen molar-refractivity contribution < 1.29 is 28.7 Å². The lowest BCUT2D eigenvalue weighted by Gasteiger charge is -2.39. The molecule has 0 radical (unpaired) electrons. The van der Waals surface area contributed by atoms with Crippen molar-refractivity contribution in [3.8, 4) is 0 Å². The van der Waals surface area contributed by atoms with Crippen molar-refractivity contribution in [1.82, 2.24) is 24.4 Å². The molecule has 3 heterocycles. The lowest BCUT2D eigenvalue weighted by molar-refractivity contribution is -0.385. The molecule has 276 valence electrons. The van der Waals surface area contributed by atoms with E-state index < -0.39 is 28.9 Å². The van der Waals surface area contributed by atoms with Gasteiger partial charge in [0.05, 0.1) is 40.7 Å². The molecular formula is C36H44N8O7S. The highest BCUT2D eigenvalue weighted by atomic mass is 32.2. The predicted molar refractivity (Wildman–Crippen MR) is 196 cm³/mol. The van der Waals surface area contributed by atoms with Crippen molar-refractivity contribution in [3.63, 3.8) is 0 Å². The minimum absolute atomic E-state index is 0.0107. The van der Waals surface area contributed by atoms with Crippen LogP contribution in [0.3, 0.4) is 0 Å². The first-order chi connectivity index (χ1) is 25.1. The van der Waals surface area contributed by atoms with Crippen LogP contribution in [0.1, 0.15) is 63.2 Å². The summed E-state index contributed by atoms with van der Waals surface area (Å²) in [6, 6.07) is 15.4. The number of nitrogens with zero attached hydrogens (tertiary/aromatic N) is 7. The van der Waals surface area contributed by atoms with E-state index in [1.807, 2.05) is 13.0 Å². The van der Waals surface area contributed by atoms with Crippen molar-refractivity contribution in [2.45, 2.75) is 89.8 Å². The Kier molecular flexibility index (Phi) is 13.6. The SMILES string of the molecule is [C-]#[N+]CCOC(O[C@@H]1C(SCOCc2ccccc2[N+](=O)[O-])[C@H](n2cnc3c(NC(=O)c4ccccc4)ncnc32)O[C@@H]1CC)N(C(C)C)C(C)C. The smallest absolute Gasteiger partial charge is 0.274 e. The highest BCUT2D eigenvalue weighted by Gasteiger charge is 2.48. The Balaban J connectivity index is 1.46. The molecule has 0 aliphatic carbocycles. The normalized spacial score (nSPS) is 19.4. The molecule has 1 aliphatic rings. The van der Waals surface area contributed by atoms with Gasteiger partial charge in [-0.05, 0) is 52.3 Å². The van der Waals surface area contributed by atoms with Gasteiger partial charge in [-0.1, -0.05) is 37.3 Å². The number of nitro benzene ring substituents is 1. The van der Waals surface area contributed by atoms with Crippen molar-refractivity contribution >= 4 is 40.3 Å². The molecule has 0 saturated carbocycles. The number of para-hydroxylation sites is 1. The molecule has 5 rings (SSSR count). The van der Waals surface area contributed by atoms with Gasteiger partial charge in [-0.15, -0.1) is 11.8 Å². The Morgan fingerprint density at radius 3 is 2.54 bits per heavy atom. The van der Waals surface area contributed by atoms with Crippen molar-refractivity contribution in [2.75, 3.05) is 24.4 Å². The first-order valence-corrected chi connectivity index (χ1v) is 18.2. The Morgan fingerprint density at radius 2 is 1.85 bits per heavy atom. The maximum atomic E-state index is 13.0. The number of imidazole rings is 1. The molecule has 1 N–H and O–H groups in total. The number of nitrogens with one attached hydrogen (secondary N) is 1. The summed E-state index contributed by atoms with van der Waals surface area (Å²) in [7, 11) is 0. The van der Waals surface area contributed by atoms with Crippen molar-refractivity contribution in [2.24, 2.45) is 0 Å². The van der Waals surface area contributed by atoms with Gasteiger partial charge in [0.25, 0.3) is 11.6 Å². The molecule has 0 spiro atoms. The summed E-state index contributed by atoms with van der Waals surface area (Å²) in [5.41, 5.74) is 1.76. The van der Waals surface area contributed by atoms with Gasteiger partial charge in [-0.2, -0.15) is 0 Å². The Hall–Kier alpha value is -4.50. The van der Waals surface area contributed by atoms with E-state index in [9.17, 15) is 14.9 Å². The zero-order valence-electron chi connectivity index (χ0n) is 29.8. The Morgan fingerprint density at radius 1 is 1.12 bits per heavy atom. The molecule has 0 bridgehead atoms. The monoisotopic (exact) mass is 732 g/mol. The average molecular weight is 733 g/mol. The van der Waals surface area contributed by atoms with Gasteiger partial charge in [-0.3, -0.25) is 24.4 Å². The van der Waals surface area contributed by atoms with Crippen LogP contribution in [0.4, 0.5) is 11.5 Å². The summed E-state index contributed by atoms with van der Waals surface area (Å²) in [6.07, 6.45) is 1.24. The van der Waals surface area contributed by atoms with E-state index in [0.29, 0.717) is 28.7 Å². The molecule has 16 heteroatoms. The second kappa shape index (κ2) is 18.3. The van der Waals surface area contributed by atoms with Crippen LogP contribution in [0, 0.1) is 16.7 Å². The van der Waals surface area contributed by atoms with Gasteiger partial charge in [0.2, 0.25) is 13.0 Å². The number of amides is 1. The number of thioether (sulfide) groups is 1. The van der Waals surface area contributed by atoms with Crippen LogP contribution >= 0.6 is 11.8 Å². The molecule has 52 heavy (non-hydrogen) atoms. The molecule has 1 saturated heterocycles. The molecule has 2 aromatic carbocycles. The quantitative estimate of drug-likeness (QED) is 0.0401. The first-order valence-electron chi connectivity index (χ1n) is 17.1. The Labute approximate surface area is 307 Å². The number of rotatable bonds is 18. The van der Waals surface area contributed by atoms with E-state index in [0.717, 1.165) is 0 Å². The molecule has 2 unspecified atom stereocenters. The molecule has 1 aliphatic heterocycles. The number of hydrogen-bond acceptors (Lipinski definition) is 12. The van der Waals surface area contributed by atoms with Gasteiger partial charge in [0.1, 0.15) is 19.0 Å². The van der Waals surface area contributed by atoms with Crippen molar-refractivity contribution in [1.29, 1.82) is 0 Å². The Bertz CT molecular complexity index is 1830. The molecule has 4 aromatic rings. The lowest BCUT2D eigenvalue weighted by atomic mass is 10.1. The summed E-state index contributed by atoms with van der Waals surface area (Å²) in [5, 5.41) is 14.0. The fraction of sp³-hybridized carbons (Fsp3) is 0.472. The van der Waals surface area contributed by atoms with Gasteiger partial charge in [0, 0.05) is 23.7 Å². The highest BCUT2D eigenvalue weighted by Crippen LogP contribution is 2.43. The van der Waals surface area contributed by atoms with E-state index in [1.165, 1.54) is 24.2 Å². The van der Waals surface area contributed by atoms with Crippen LogP contribution < -0.4 is 5.32 Å². The standard InChI is InChI=1S/C36H44N8O7S/c1-7-28-30(51-36(49-18-17-37-6)43(23(2)3)24(4)5)31(52-22-48-19-26-15-11-12-16-27(26)44(46)47)35(50-28)42-21-40-29-32(38-20-39-33(29)42)41-34(45)25-13-9-8-10-14-25/h8-16,20-21,23-24,28,30-31,35-36H,7,17-19,22H2,1-5H3,(H,38,39,41,45)/t28-,30+,31?,35-,36?/m1/s1. The van der Waals surface area contributed by atoms with Gasteiger partial charge in [-0.25, -0.2) is 21.5 Å². The predicted octanol–water partition coefficient (Wildman–Crippen LogP) is 6.29. The number of carbonyl (C=O) groups is 1. The minimum atomic E-state index is -0.777. The summed E-state index contributed by atoms with van der Waals surface area (Å²) < 4.78 is 27.7. The number of ether oxygens (including phenoxy) is 4. The molecule has 1 fully saturated rings. The third-order valence-corrected chi connectivity index (χ3v) is 9.74. The molecule has 1 amide bonds.